The lowest BCUT2D eigenvalue weighted by atomic mass is 10.1. The van der Waals surface area contributed by atoms with Gasteiger partial charge >= 0.3 is 0 Å². The third-order valence-electron chi connectivity index (χ3n) is 4.17. The molecule has 0 radical (unpaired) electrons. The molecule has 116 valence electrons. The second-order valence-electron chi connectivity index (χ2n) is 5.63. The fourth-order valence-corrected chi connectivity index (χ4v) is 2.92. The number of fused-ring (bicyclic) bond motifs is 2. The molecule has 4 rings (SSSR count). The van der Waals surface area contributed by atoms with Gasteiger partial charge in [0.2, 0.25) is 0 Å². The number of aromatic nitrogens is 4. The van der Waals surface area contributed by atoms with Gasteiger partial charge in [0.1, 0.15) is 17.0 Å². The van der Waals surface area contributed by atoms with E-state index in [4.69, 9.17) is 0 Å². The number of halogens is 1. The van der Waals surface area contributed by atoms with Crippen LogP contribution < -0.4 is 0 Å². The van der Waals surface area contributed by atoms with E-state index in [9.17, 15) is 9.18 Å². The lowest BCUT2D eigenvalue weighted by molar-refractivity contribution is 0.0731. The summed E-state index contributed by atoms with van der Waals surface area (Å²) in [6.45, 7) is 2.73. The van der Waals surface area contributed by atoms with Crippen molar-refractivity contribution in [1.82, 2.24) is 25.3 Å². The number of para-hydroxylation sites is 1. The molecule has 3 aromatic rings. The van der Waals surface area contributed by atoms with E-state index < -0.39 is 0 Å². The second-order valence-corrected chi connectivity index (χ2v) is 5.63. The number of carbonyl (C=O) groups is 1. The van der Waals surface area contributed by atoms with Crippen molar-refractivity contribution >= 4 is 16.8 Å². The Hall–Kier alpha value is -2.83. The van der Waals surface area contributed by atoms with Crippen molar-refractivity contribution in [3.8, 4) is 0 Å². The molecule has 0 spiro atoms. The molecule has 1 aliphatic rings. The van der Waals surface area contributed by atoms with Crippen molar-refractivity contribution < 1.29 is 9.18 Å². The second kappa shape index (κ2) is 5.12. The van der Waals surface area contributed by atoms with Gasteiger partial charge in [-0.1, -0.05) is 12.1 Å². The lowest BCUT2D eigenvalue weighted by Crippen LogP contribution is -2.36. The molecular weight excluding hydrogens is 297 g/mol. The predicted octanol–water partition coefficient (Wildman–Crippen LogP) is 2.00. The number of nitrogens with zero attached hydrogens (tertiary/aromatic N) is 4. The van der Waals surface area contributed by atoms with E-state index >= 15 is 0 Å². The zero-order valence-corrected chi connectivity index (χ0v) is 12.5. The first kappa shape index (κ1) is 13.8. The monoisotopic (exact) mass is 311 g/mol. The van der Waals surface area contributed by atoms with Crippen LogP contribution in [0.15, 0.2) is 24.3 Å². The third kappa shape index (κ3) is 2.25. The Morgan fingerprint density at radius 2 is 2.13 bits per heavy atom. The van der Waals surface area contributed by atoms with Gasteiger partial charge in [-0.05, 0) is 19.1 Å². The number of aryl methyl sites for hydroxylation is 1. The zero-order valence-electron chi connectivity index (χ0n) is 12.5. The molecular formula is C16H14FN5O. The minimum absolute atomic E-state index is 0.116. The van der Waals surface area contributed by atoms with E-state index in [0.29, 0.717) is 41.7 Å². The van der Waals surface area contributed by atoms with Gasteiger partial charge in [0, 0.05) is 18.4 Å². The summed E-state index contributed by atoms with van der Waals surface area (Å²) in [5.41, 5.74) is 3.01. The topological polar surface area (TPSA) is 74.8 Å². The quantitative estimate of drug-likeness (QED) is 0.746. The standard InChI is InChI=1S/C16H14FN5O/c1-9-11(7-10-3-2-4-12(17)15(10)18-9)16(23)22-6-5-13-14(8-22)20-21-19-13/h2-4,7H,5-6,8H2,1H3,(H,19,20,21). The number of hydrogen-bond donors (Lipinski definition) is 1. The first-order chi connectivity index (χ1) is 11.1. The predicted molar refractivity (Wildman–Crippen MR) is 81.3 cm³/mol. The van der Waals surface area contributed by atoms with Crippen molar-refractivity contribution in [2.75, 3.05) is 6.54 Å². The first-order valence-corrected chi connectivity index (χ1v) is 7.37. The highest BCUT2D eigenvalue weighted by Crippen LogP contribution is 2.22. The van der Waals surface area contributed by atoms with Crippen molar-refractivity contribution in [2.45, 2.75) is 19.9 Å². The van der Waals surface area contributed by atoms with Gasteiger partial charge in [-0.2, -0.15) is 15.4 Å². The average molecular weight is 311 g/mol. The van der Waals surface area contributed by atoms with E-state index in [-0.39, 0.29) is 11.7 Å². The van der Waals surface area contributed by atoms with Gasteiger partial charge in [0.15, 0.2) is 0 Å². The van der Waals surface area contributed by atoms with Crippen LogP contribution in [0.25, 0.3) is 10.9 Å². The number of amides is 1. The summed E-state index contributed by atoms with van der Waals surface area (Å²) in [4.78, 5) is 18.8. The maximum atomic E-state index is 13.8. The molecule has 1 amide bonds. The molecule has 23 heavy (non-hydrogen) atoms. The normalized spacial score (nSPS) is 14.1. The maximum Gasteiger partial charge on any atom is 0.256 e. The van der Waals surface area contributed by atoms with Crippen molar-refractivity contribution in [2.24, 2.45) is 0 Å². The Morgan fingerprint density at radius 1 is 1.30 bits per heavy atom. The van der Waals surface area contributed by atoms with E-state index in [1.807, 2.05) is 0 Å². The number of H-pyrrole nitrogens is 1. The number of nitrogens with one attached hydrogen (secondary N) is 1. The van der Waals surface area contributed by atoms with Crippen LogP contribution in [0.4, 0.5) is 4.39 Å². The smallest absolute Gasteiger partial charge is 0.256 e. The summed E-state index contributed by atoms with van der Waals surface area (Å²) in [6, 6.07) is 6.45. The fourth-order valence-electron chi connectivity index (χ4n) is 2.92. The van der Waals surface area contributed by atoms with E-state index in [0.717, 1.165) is 11.4 Å². The van der Waals surface area contributed by atoms with Gasteiger partial charge < -0.3 is 4.90 Å². The largest absolute Gasteiger partial charge is 0.332 e. The van der Waals surface area contributed by atoms with Crippen LogP contribution in [0.2, 0.25) is 0 Å². The Morgan fingerprint density at radius 3 is 3.00 bits per heavy atom. The minimum atomic E-state index is -0.380. The van der Waals surface area contributed by atoms with Crippen LogP contribution in [0.3, 0.4) is 0 Å². The highest BCUT2D eigenvalue weighted by Gasteiger charge is 2.26. The van der Waals surface area contributed by atoms with Crippen molar-refractivity contribution in [1.29, 1.82) is 0 Å². The highest BCUT2D eigenvalue weighted by molar-refractivity contribution is 5.98. The highest BCUT2D eigenvalue weighted by atomic mass is 19.1. The number of rotatable bonds is 1. The lowest BCUT2D eigenvalue weighted by Gasteiger charge is -2.26. The summed E-state index contributed by atoms with van der Waals surface area (Å²) in [7, 11) is 0. The molecule has 1 N–H and O–H groups in total. The van der Waals surface area contributed by atoms with Gasteiger partial charge in [-0.15, -0.1) is 0 Å². The summed E-state index contributed by atoms with van der Waals surface area (Å²) in [5, 5.41) is 11.3. The van der Waals surface area contributed by atoms with Crippen LogP contribution in [-0.4, -0.2) is 37.7 Å². The van der Waals surface area contributed by atoms with Gasteiger partial charge in [0.25, 0.3) is 5.91 Å². The Balaban J connectivity index is 1.71. The molecule has 0 bridgehead atoms. The molecule has 0 fully saturated rings. The molecule has 0 unspecified atom stereocenters. The molecule has 0 saturated heterocycles. The molecule has 2 aromatic heterocycles. The number of carbonyl (C=O) groups excluding carboxylic acids is 1. The van der Waals surface area contributed by atoms with Crippen LogP contribution in [0.5, 0.6) is 0 Å². The van der Waals surface area contributed by atoms with Crippen LogP contribution >= 0.6 is 0 Å². The average Bonchev–Trinajstić information content (AvgIpc) is 3.02. The molecule has 7 heteroatoms. The Bertz CT molecular complexity index is 920. The number of hydrogen-bond acceptors (Lipinski definition) is 4. The third-order valence-corrected chi connectivity index (χ3v) is 4.17. The van der Waals surface area contributed by atoms with E-state index in [1.165, 1.54) is 6.07 Å². The molecule has 1 aliphatic heterocycles. The molecule has 0 aliphatic carbocycles. The van der Waals surface area contributed by atoms with Crippen LogP contribution in [0.1, 0.15) is 27.4 Å². The van der Waals surface area contributed by atoms with Crippen molar-refractivity contribution in [3.63, 3.8) is 0 Å². The number of aromatic amines is 1. The Kier molecular flexibility index (Phi) is 3.07. The number of benzene rings is 1. The first-order valence-electron chi connectivity index (χ1n) is 7.37. The fraction of sp³-hybridized carbons (Fsp3) is 0.250. The summed E-state index contributed by atoms with van der Waals surface area (Å²) in [5.74, 6) is -0.496. The molecule has 0 saturated carbocycles. The van der Waals surface area contributed by atoms with Gasteiger partial charge in [-0.25, -0.2) is 9.37 Å². The number of pyridine rings is 1. The van der Waals surface area contributed by atoms with Crippen LogP contribution in [-0.2, 0) is 13.0 Å². The maximum absolute atomic E-state index is 13.8. The molecule has 0 atom stereocenters. The van der Waals surface area contributed by atoms with Gasteiger partial charge in [-0.3, -0.25) is 4.79 Å². The zero-order chi connectivity index (χ0) is 16.0. The van der Waals surface area contributed by atoms with Crippen LogP contribution in [0, 0.1) is 12.7 Å². The SMILES string of the molecule is Cc1nc2c(F)cccc2cc1C(=O)N1CCc2n[nH]nc2C1. The summed E-state index contributed by atoms with van der Waals surface area (Å²) < 4.78 is 13.8. The van der Waals surface area contributed by atoms with E-state index in [2.05, 4.69) is 20.4 Å². The molecule has 3 heterocycles. The summed E-state index contributed by atoms with van der Waals surface area (Å²) in [6.07, 6.45) is 0.673. The Labute approximate surface area is 131 Å². The van der Waals surface area contributed by atoms with Crippen molar-refractivity contribution in [3.05, 3.63) is 52.7 Å². The molecule has 1 aromatic carbocycles. The molecule has 6 nitrogen and oxygen atoms in total. The van der Waals surface area contributed by atoms with Gasteiger partial charge in [0.05, 0.1) is 23.5 Å². The summed E-state index contributed by atoms with van der Waals surface area (Å²) >= 11 is 0. The minimum Gasteiger partial charge on any atom is -0.332 e. The van der Waals surface area contributed by atoms with E-state index in [1.54, 1.807) is 30.0 Å².